The fourth-order valence-electron chi connectivity index (χ4n) is 4.42. The zero-order chi connectivity index (χ0) is 21.0. The van der Waals surface area contributed by atoms with Crippen molar-refractivity contribution in [1.29, 1.82) is 0 Å². The molecular weight excluding hydrogens is 400 g/mol. The van der Waals surface area contributed by atoms with Crippen LogP contribution in [0.2, 0.25) is 0 Å². The number of amides is 3. The van der Waals surface area contributed by atoms with Crippen LogP contribution in [0.25, 0.3) is 0 Å². The smallest absolute Gasteiger partial charge is 0.308 e. The average Bonchev–Trinajstić information content (AvgIpc) is 3.20. The highest BCUT2D eigenvalue weighted by molar-refractivity contribution is 7.91. The summed E-state index contributed by atoms with van der Waals surface area (Å²) in [6.07, 6.45) is 5.32. The second-order valence-electron chi connectivity index (χ2n) is 8.00. The standard InChI is InChI=1S/C19H28N2O7S/c22-16-6-7-17(23)20(16)10-8-19(25)28-12-18(24)21(14-4-2-1-3-5-14)15-9-11-29(26,27)13-15/h14-15H,1-13H2. The van der Waals surface area contributed by atoms with Gasteiger partial charge in [-0.1, -0.05) is 19.3 Å². The summed E-state index contributed by atoms with van der Waals surface area (Å²) in [5, 5.41) is 0. The lowest BCUT2D eigenvalue weighted by molar-refractivity contribution is -0.155. The van der Waals surface area contributed by atoms with Crippen LogP contribution in [-0.4, -0.2) is 78.6 Å². The number of nitrogens with zero attached hydrogens (tertiary/aromatic N) is 2. The van der Waals surface area contributed by atoms with Gasteiger partial charge in [0, 0.05) is 31.5 Å². The van der Waals surface area contributed by atoms with E-state index in [4.69, 9.17) is 4.74 Å². The van der Waals surface area contributed by atoms with Crippen molar-refractivity contribution >= 4 is 33.5 Å². The van der Waals surface area contributed by atoms with Crippen LogP contribution in [0.15, 0.2) is 0 Å². The largest absolute Gasteiger partial charge is 0.456 e. The molecule has 1 aliphatic carbocycles. The summed E-state index contributed by atoms with van der Waals surface area (Å²) >= 11 is 0. The van der Waals surface area contributed by atoms with Crippen LogP contribution in [0.1, 0.15) is 57.8 Å². The second-order valence-corrected chi connectivity index (χ2v) is 10.2. The van der Waals surface area contributed by atoms with Crippen LogP contribution in [0.3, 0.4) is 0 Å². The molecule has 3 rings (SSSR count). The minimum atomic E-state index is -3.14. The third kappa shape index (κ3) is 5.55. The predicted octanol–water partition coefficient (Wildman–Crippen LogP) is 0.417. The molecule has 1 atom stereocenters. The van der Waals surface area contributed by atoms with Gasteiger partial charge in [0.2, 0.25) is 11.8 Å². The number of esters is 1. The van der Waals surface area contributed by atoms with E-state index in [0.29, 0.717) is 6.42 Å². The fraction of sp³-hybridized carbons (Fsp3) is 0.789. The molecule has 0 aromatic carbocycles. The summed E-state index contributed by atoms with van der Waals surface area (Å²) in [6, 6.07) is -0.387. The molecule has 0 bridgehead atoms. The summed E-state index contributed by atoms with van der Waals surface area (Å²) in [6.45, 7) is -0.494. The summed E-state index contributed by atoms with van der Waals surface area (Å²) < 4.78 is 28.9. The first-order chi connectivity index (χ1) is 13.8. The Labute approximate surface area is 170 Å². The molecule has 9 nitrogen and oxygen atoms in total. The molecule has 0 radical (unpaired) electrons. The van der Waals surface area contributed by atoms with Crippen LogP contribution in [-0.2, 0) is 33.8 Å². The number of carbonyl (C=O) groups excluding carboxylic acids is 4. The molecule has 0 N–H and O–H groups in total. The van der Waals surface area contributed by atoms with Gasteiger partial charge in [0.1, 0.15) is 0 Å². The van der Waals surface area contributed by atoms with E-state index >= 15 is 0 Å². The summed E-state index contributed by atoms with van der Waals surface area (Å²) in [5.41, 5.74) is 0. The number of carbonyl (C=O) groups is 4. The van der Waals surface area contributed by atoms with Crippen LogP contribution in [0.5, 0.6) is 0 Å². The maximum absolute atomic E-state index is 12.8. The Balaban J connectivity index is 1.54. The SMILES string of the molecule is O=C(CCN1C(=O)CCC1=O)OCC(=O)N(C1CCCCC1)C1CCS(=O)(=O)C1. The molecule has 2 heterocycles. The molecule has 2 aliphatic heterocycles. The lowest BCUT2D eigenvalue weighted by Gasteiger charge is -2.38. The highest BCUT2D eigenvalue weighted by atomic mass is 32.2. The molecule has 0 spiro atoms. The molecule has 29 heavy (non-hydrogen) atoms. The van der Waals surface area contributed by atoms with Gasteiger partial charge in [-0.25, -0.2) is 8.42 Å². The number of ether oxygens (including phenoxy) is 1. The summed E-state index contributed by atoms with van der Waals surface area (Å²) in [4.78, 5) is 50.7. The third-order valence-corrected chi connectivity index (χ3v) is 7.66. The average molecular weight is 429 g/mol. The topological polar surface area (TPSA) is 118 Å². The van der Waals surface area contributed by atoms with E-state index in [-0.39, 0.29) is 67.1 Å². The molecule has 3 amide bonds. The van der Waals surface area contributed by atoms with Gasteiger partial charge < -0.3 is 9.64 Å². The highest BCUT2D eigenvalue weighted by Gasteiger charge is 2.38. The molecule has 10 heteroatoms. The van der Waals surface area contributed by atoms with Gasteiger partial charge in [-0.2, -0.15) is 0 Å². The van der Waals surface area contributed by atoms with E-state index in [0.717, 1.165) is 37.0 Å². The molecule has 3 aliphatic rings. The second kappa shape index (κ2) is 9.23. The molecule has 0 aromatic rings. The maximum atomic E-state index is 12.8. The zero-order valence-electron chi connectivity index (χ0n) is 16.5. The van der Waals surface area contributed by atoms with E-state index in [1.807, 2.05) is 0 Å². The quantitative estimate of drug-likeness (QED) is 0.426. The van der Waals surface area contributed by atoms with Gasteiger partial charge >= 0.3 is 5.97 Å². The minimum Gasteiger partial charge on any atom is -0.456 e. The predicted molar refractivity (Wildman–Crippen MR) is 102 cm³/mol. The third-order valence-electron chi connectivity index (χ3n) is 5.91. The lowest BCUT2D eigenvalue weighted by atomic mass is 9.93. The molecular formula is C19H28N2O7S. The summed E-state index contributed by atoms with van der Waals surface area (Å²) in [7, 11) is -3.14. The van der Waals surface area contributed by atoms with Crippen LogP contribution < -0.4 is 0 Å². The monoisotopic (exact) mass is 428 g/mol. The number of hydrogen-bond donors (Lipinski definition) is 0. The summed E-state index contributed by atoms with van der Waals surface area (Å²) in [5.74, 6) is -1.60. The lowest BCUT2D eigenvalue weighted by Crippen LogP contribution is -2.50. The van der Waals surface area contributed by atoms with E-state index in [9.17, 15) is 27.6 Å². The van der Waals surface area contributed by atoms with Crippen molar-refractivity contribution in [3.05, 3.63) is 0 Å². The van der Waals surface area contributed by atoms with Gasteiger partial charge in [-0.15, -0.1) is 0 Å². The first-order valence-electron chi connectivity index (χ1n) is 10.3. The Morgan fingerprint density at radius 2 is 1.66 bits per heavy atom. The Morgan fingerprint density at radius 3 is 2.24 bits per heavy atom. The zero-order valence-corrected chi connectivity index (χ0v) is 17.3. The number of likely N-dealkylation sites (tertiary alicyclic amines) is 1. The number of rotatable bonds is 7. The maximum Gasteiger partial charge on any atom is 0.308 e. The first kappa shape index (κ1) is 21.7. The Morgan fingerprint density at radius 1 is 1.00 bits per heavy atom. The number of hydrogen-bond acceptors (Lipinski definition) is 7. The molecule has 3 fully saturated rings. The first-order valence-corrected chi connectivity index (χ1v) is 12.1. The highest BCUT2D eigenvalue weighted by Crippen LogP contribution is 2.28. The van der Waals surface area contributed by atoms with Gasteiger partial charge in [0.25, 0.3) is 5.91 Å². The Bertz CT molecular complexity index is 757. The fourth-order valence-corrected chi connectivity index (χ4v) is 6.14. The van der Waals surface area contributed by atoms with E-state index in [1.165, 1.54) is 0 Å². The number of imide groups is 1. The van der Waals surface area contributed by atoms with Crippen LogP contribution in [0, 0.1) is 0 Å². The van der Waals surface area contributed by atoms with Crippen molar-refractivity contribution in [1.82, 2.24) is 9.80 Å². The van der Waals surface area contributed by atoms with Crippen molar-refractivity contribution in [2.75, 3.05) is 24.7 Å². The van der Waals surface area contributed by atoms with Gasteiger partial charge in [0.05, 0.1) is 17.9 Å². The molecule has 1 unspecified atom stereocenters. The van der Waals surface area contributed by atoms with E-state index < -0.39 is 22.4 Å². The molecule has 2 saturated heterocycles. The van der Waals surface area contributed by atoms with E-state index in [1.54, 1.807) is 4.90 Å². The Kier molecular flexibility index (Phi) is 6.92. The van der Waals surface area contributed by atoms with Crippen molar-refractivity contribution in [2.24, 2.45) is 0 Å². The van der Waals surface area contributed by atoms with Crippen molar-refractivity contribution in [2.45, 2.75) is 69.9 Å². The minimum absolute atomic E-state index is 0.0203. The van der Waals surface area contributed by atoms with Crippen LogP contribution >= 0.6 is 0 Å². The van der Waals surface area contributed by atoms with Crippen LogP contribution in [0.4, 0.5) is 0 Å². The van der Waals surface area contributed by atoms with Crippen molar-refractivity contribution in [3.63, 3.8) is 0 Å². The van der Waals surface area contributed by atoms with Gasteiger partial charge in [-0.05, 0) is 19.3 Å². The normalized spacial score (nSPS) is 24.7. The molecule has 1 saturated carbocycles. The molecule has 162 valence electrons. The number of sulfone groups is 1. The van der Waals surface area contributed by atoms with Gasteiger partial charge in [-0.3, -0.25) is 24.1 Å². The van der Waals surface area contributed by atoms with Crippen molar-refractivity contribution < 1.29 is 32.3 Å². The molecule has 0 aromatic heterocycles. The van der Waals surface area contributed by atoms with Gasteiger partial charge in [0.15, 0.2) is 16.4 Å². The Hall–Kier alpha value is -1.97. The van der Waals surface area contributed by atoms with E-state index in [2.05, 4.69) is 0 Å². The van der Waals surface area contributed by atoms with Crippen molar-refractivity contribution in [3.8, 4) is 0 Å².